The van der Waals surface area contributed by atoms with Gasteiger partial charge in [0.25, 0.3) is 0 Å². The summed E-state index contributed by atoms with van der Waals surface area (Å²) in [5.74, 6) is 1.44. The Bertz CT molecular complexity index is 273. The van der Waals surface area contributed by atoms with Crippen molar-refractivity contribution in [2.75, 3.05) is 46.4 Å². The van der Waals surface area contributed by atoms with E-state index in [4.69, 9.17) is 9.47 Å². The molecule has 1 N–H and O–H groups in total. The van der Waals surface area contributed by atoms with Gasteiger partial charge in [-0.2, -0.15) is 0 Å². The zero-order chi connectivity index (χ0) is 14.4. The summed E-state index contributed by atoms with van der Waals surface area (Å²) < 4.78 is 11.4. The van der Waals surface area contributed by atoms with Gasteiger partial charge in [-0.05, 0) is 44.2 Å². The molecule has 2 aliphatic rings. The minimum absolute atomic E-state index is 0.427. The molecule has 2 saturated heterocycles. The number of ether oxygens (including phenoxy) is 2. The quantitative estimate of drug-likeness (QED) is 0.736. The van der Waals surface area contributed by atoms with Crippen molar-refractivity contribution >= 4 is 0 Å². The van der Waals surface area contributed by atoms with Gasteiger partial charge >= 0.3 is 0 Å². The van der Waals surface area contributed by atoms with Gasteiger partial charge in [0.2, 0.25) is 0 Å². The number of hydrogen-bond donors (Lipinski definition) is 1. The summed E-state index contributed by atoms with van der Waals surface area (Å²) in [6.45, 7) is 11.0. The molecule has 118 valence electrons. The van der Waals surface area contributed by atoms with Gasteiger partial charge in [0.15, 0.2) is 0 Å². The molecule has 0 amide bonds. The molecule has 0 aromatic rings. The third kappa shape index (κ3) is 5.32. The van der Waals surface area contributed by atoms with Crippen LogP contribution in [0.25, 0.3) is 0 Å². The molecule has 4 nitrogen and oxygen atoms in total. The highest BCUT2D eigenvalue weighted by atomic mass is 16.5. The van der Waals surface area contributed by atoms with Crippen molar-refractivity contribution in [1.29, 1.82) is 0 Å². The number of rotatable bonds is 8. The predicted octanol–water partition coefficient (Wildman–Crippen LogP) is 1.75. The zero-order valence-electron chi connectivity index (χ0n) is 13.4. The largest absolute Gasteiger partial charge is 0.384 e. The van der Waals surface area contributed by atoms with E-state index in [1.165, 1.54) is 32.4 Å². The molecular formula is C16H32N2O2. The molecule has 0 radical (unpaired) electrons. The summed E-state index contributed by atoms with van der Waals surface area (Å²) in [7, 11) is 1.80. The van der Waals surface area contributed by atoms with Crippen LogP contribution in [0.2, 0.25) is 0 Å². The van der Waals surface area contributed by atoms with Crippen molar-refractivity contribution in [3.05, 3.63) is 0 Å². The summed E-state index contributed by atoms with van der Waals surface area (Å²) in [5, 5.41) is 3.51. The van der Waals surface area contributed by atoms with Crippen molar-refractivity contribution in [2.24, 2.45) is 11.8 Å². The van der Waals surface area contributed by atoms with Crippen molar-refractivity contribution in [3.8, 4) is 0 Å². The third-order valence-electron chi connectivity index (χ3n) is 4.35. The Hall–Kier alpha value is -0.160. The first-order valence-corrected chi connectivity index (χ1v) is 8.24. The smallest absolute Gasteiger partial charge is 0.0707 e. The van der Waals surface area contributed by atoms with Crippen LogP contribution in [0.5, 0.6) is 0 Å². The monoisotopic (exact) mass is 284 g/mol. The Kier molecular flexibility index (Phi) is 6.75. The molecule has 0 aromatic carbocycles. The molecule has 0 bridgehead atoms. The van der Waals surface area contributed by atoms with Crippen LogP contribution in [-0.2, 0) is 9.47 Å². The molecule has 3 unspecified atom stereocenters. The average molecular weight is 284 g/mol. The fourth-order valence-corrected chi connectivity index (χ4v) is 3.34. The van der Waals surface area contributed by atoms with Crippen LogP contribution >= 0.6 is 0 Å². The van der Waals surface area contributed by atoms with Crippen molar-refractivity contribution < 1.29 is 9.47 Å². The van der Waals surface area contributed by atoms with E-state index in [1.54, 1.807) is 7.11 Å². The fourth-order valence-electron chi connectivity index (χ4n) is 3.34. The van der Waals surface area contributed by atoms with Crippen LogP contribution in [0.1, 0.15) is 33.1 Å². The lowest BCUT2D eigenvalue weighted by Gasteiger charge is -2.21. The molecule has 4 heteroatoms. The highest BCUT2D eigenvalue weighted by Crippen LogP contribution is 2.23. The van der Waals surface area contributed by atoms with Crippen molar-refractivity contribution in [2.45, 2.75) is 45.3 Å². The van der Waals surface area contributed by atoms with Crippen LogP contribution in [-0.4, -0.2) is 63.5 Å². The first kappa shape index (κ1) is 16.2. The van der Waals surface area contributed by atoms with Crippen LogP contribution in [0.4, 0.5) is 0 Å². The third-order valence-corrected chi connectivity index (χ3v) is 4.35. The number of hydrogen-bond acceptors (Lipinski definition) is 4. The predicted molar refractivity (Wildman–Crippen MR) is 82.0 cm³/mol. The molecule has 0 aromatic heterocycles. The van der Waals surface area contributed by atoms with Gasteiger partial charge in [0, 0.05) is 26.7 Å². The summed E-state index contributed by atoms with van der Waals surface area (Å²) in [6.07, 6.45) is 4.59. The standard InChI is InChI=1S/C16H32N2O2/c1-13(2)8-17-9-15-4-5-16(20-15)11-18-7-6-14(10-18)12-19-3/h13-17H,4-12H2,1-3H3. The van der Waals surface area contributed by atoms with Gasteiger partial charge in [0.05, 0.1) is 18.8 Å². The zero-order valence-corrected chi connectivity index (χ0v) is 13.4. The minimum atomic E-state index is 0.427. The van der Waals surface area contributed by atoms with Gasteiger partial charge in [-0.15, -0.1) is 0 Å². The highest BCUT2D eigenvalue weighted by molar-refractivity contribution is 4.82. The molecule has 2 heterocycles. The van der Waals surface area contributed by atoms with Gasteiger partial charge in [-0.25, -0.2) is 0 Å². The Morgan fingerprint density at radius 2 is 2.05 bits per heavy atom. The van der Waals surface area contributed by atoms with Gasteiger partial charge in [-0.3, -0.25) is 0 Å². The number of nitrogens with zero attached hydrogens (tertiary/aromatic N) is 1. The molecule has 0 aliphatic carbocycles. The SMILES string of the molecule is COCC1CCN(CC2CCC(CNCC(C)C)O2)C1. The molecule has 2 aliphatic heterocycles. The fraction of sp³-hybridized carbons (Fsp3) is 1.00. The lowest BCUT2D eigenvalue weighted by atomic mass is 10.1. The van der Waals surface area contributed by atoms with E-state index in [1.807, 2.05) is 0 Å². The molecule has 2 fully saturated rings. The topological polar surface area (TPSA) is 33.7 Å². The van der Waals surface area contributed by atoms with E-state index in [0.717, 1.165) is 38.1 Å². The van der Waals surface area contributed by atoms with Gasteiger partial charge in [-0.1, -0.05) is 13.8 Å². The molecule has 2 rings (SSSR count). The van der Waals surface area contributed by atoms with E-state index in [9.17, 15) is 0 Å². The molecule has 20 heavy (non-hydrogen) atoms. The maximum atomic E-state index is 6.16. The Balaban J connectivity index is 1.59. The Labute approximate surface area is 124 Å². The number of methoxy groups -OCH3 is 1. The van der Waals surface area contributed by atoms with Crippen LogP contribution in [0.3, 0.4) is 0 Å². The second-order valence-electron chi connectivity index (χ2n) is 6.88. The van der Waals surface area contributed by atoms with Crippen LogP contribution in [0.15, 0.2) is 0 Å². The normalized spacial score (nSPS) is 31.5. The van der Waals surface area contributed by atoms with E-state index < -0.39 is 0 Å². The summed E-state index contributed by atoms with van der Waals surface area (Å²) in [4.78, 5) is 2.55. The first-order chi connectivity index (χ1) is 9.67. The Morgan fingerprint density at radius 1 is 1.25 bits per heavy atom. The van der Waals surface area contributed by atoms with E-state index in [2.05, 4.69) is 24.1 Å². The van der Waals surface area contributed by atoms with E-state index in [-0.39, 0.29) is 0 Å². The summed E-state index contributed by atoms with van der Waals surface area (Å²) >= 11 is 0. The molecule has 0 saturated carbocycles. The lowest BCUT2D eigenvalue weighted by molar-refractivity contribution is 0.0260. The lowest BCUT2D eigenvalue weighted by Crippen LogP contribution is -2.33. The highest BCUT2D eigenvalue weighted by Gasteiger charge is 2.29. The first-order valence-electron chi connectivity index (χ1n) is 8.24. The minimum Gasteiger partial charge on any atom is -0.384 e. The summed E-state index contributed by atoms with van der Waals surface area (Å²) in [6, 6.07) is 0. The van der Waals surface area contributed by atoms with E-state index >= 15 is 0 Å². The van der Waals surface area contributed by atoms with Gasteiger partial charge < -0.3 is 19.7 Å². The molecule has 0 spiro atoms. The average Bonchev–Trinajstić information content (AvgIpc) is 3.00. The van der Waals surface area contributed by atoms with Crippen molar-refractivity contribution in [3.63, 3.8) is 0 Å². The molecule has 3 atom stereocenters. The van der Waals surface area contributed by atoms with E-state index in [0.29, 0.717) is 12.2 Å². The summed E-state index contributed by atoms with van der Waals surface area (Å²) in [5.41, 5.74) is 0. The number of likely N-dealkylation sites (tertiary alicyclic amines) is 1. The second-order valence-corrected chi connectivity index (χ2v) is 6.88. The number of nitrogens with one attached hydrogen (secondary N) is 1. The van der Waals surface area contributed by atoms with Crippen LogP contribution in [0, 0.1) is 11.8 Å². The maximum Gasteiger partial charge on any atom is 0.0707 e. The van der Waals surface area contributed by atoms with Gasteiger partial charge in [0.1, 0.15) is 0 Å². The van der Waals surface area contributed by atoms with Crippen molar-refractivity contribution in [1.82, 2.24) is 10.2 Å². The van der Waals surface area contributed by atoms with Crippen LogP contribution < -0.4 is 5.32 Å². The Morgan fingerprint density at radius 3 is 2.80 bits per heavy atom. The second kappa shape index (κ2) is 8.32. The molecular weight excluding hydrogens is 252 g/mol. The maximum absolute atomic E-state index is 6.16.